The van der Waals surface area contributed by atoms with Crippen LogP contribution in [0, 0.1) is 6.92 Å². The Kier molecular flexibility index (Phi) is 4.80. The number of nitrogens with one attached hydrogen (secondary N) is 1. The van der Waals surface area contributed by atoms with E-state index in [1.54, 1.807) is 0 Å². The Balaban J connectivity index is 2.12. The van der Waals surface area contributed by atoms with Crippen LogP contribution in [0.3, 0.4) is 0 Å². The molecule has 0 saturated heterocycles. The topological polar surface area (TPSA) is 15.3 Å². The van der Waals surface area contributed by atoms with Crippen LogP contribution in [0.15, 0.2) is 48.5 Å². The molecule has 2 nitrogen and oxygen atoms in total. The van der Waals surface area contributed by atoms with E-state index in [9.17, 15) is 0 Å². The molecule has 2 rings (SSSR count). The van der Waals surface area contributed by atoms with E-state index >= 15 is 0 Å². The van der Waals surface area contributed by atoms with Gasteiger partial charge in [-0.2, -0.15) is 0 Å². The van der Waals surface area contributed by atoms with Crippen molar-refractivity contribution in [3.63, 3.8) is 0 Å². The van der Waals surface area contributed by atoms with E-state index < -0.39 is 0 Å². The third-order valence-corrected chi connectivity index (χ3v) is 3.95. The van der Waals surface area contributed by atoms with Gasteiger partial charge in [0.15, 0.2) is 0 Å². The first-order valence-corrected chi connectivity index (χ1v) is 7.14. The third kappa shape index (κ3) is 3.40. The van der Waals surface area contributed by atoms with Crippen molar-refractivity contribution in [1.82, 2.24) is 4.90 Å². The van der Waals surface area contributed by atoms with Gasteiger partial charge in [-0.3, -0.25) is 4.90 Å². The normalized spacial score (nSPS) is 12.4. The van der Waals surface area contributed by atoms with E-state index in [4.69, 9.17) is 0 Å². The first-order chi connectivity index (χ1) is 9.61. The molecule has 1 N–H and O–H groups in total. The summed E-state index contributed by atoms with van der Waals surface area (Å²) in [5.41, 5.74) is 5.19. The van der Waals surface area contributed by atoms with Crippen molar-refractivity contribution >= 4 is 5.69 Å². The molecule has 0 aliphatic rings. The van der Waals surface area contributed by atoms with Crippen LogP contribution >= 0.6 is 0 Å². The Morgan fingerprint density at radius 3 is 2.45 bits per heavy atom. The maximum atomic E-state index is 3.26. The largest absolute Gasteiger partial charge is 0.388 e. The van der Waals surface area contributed by atoms with Crippen LogP contribution in [0.2, 0.25) is 0 Å². The smallest absolute Gasteiger partial charge is 0.0370 e. The first kappa shape index (κ1) is 14.6. The zero-order chi connectivity index (χ0) is 14.5. The molecule has 2 aromatic rings. The minimum absolute atomic E-state index is 0.392. The van der Waals surface area contributed by atoms with E-state index in [2.05, 4.69) is 79.6 Å². The lowest BCUT2D eigenvalue weighted by atomic mass is 10.0. The minimum atomic E-state index is 0.392. The van der Waals surface area contributed by atoms with Crippen molar-refractivity contribution in [1.29, 1.82) is 0 Å². The molecule has 0 spiro atoms. The van der Waals surface area contributed by atoms with Gasteiger partial charge in [-0.05, 0) is 43.7 Å². The fourth-order valence-electron chi connectivity index (χ4n) is 2.43. The lowest BCUT2D eigenvalue weighted by molar-refractivity contribution is 0.253. The molecule has 0 amide bonds. The van der Waals surface area contributed by atoms with E-state index in [1.807, 2.05) is 7.05 Å². The highest BCUT2D eigenvalue weighted by atomic mass is 15.1. The van der Waals surface area contributed by atoms with Crippen molar-refractivity contribution in [3.05, 3.63) is 65.2 Å². The van der Waals surface area contributed by atoms with Crippen molar-refractivity contribution in [2.45, 2.75) is 26.4 Å². The summed E-state index contributed by atoms with van der Waals surface area (Å²) in [6.45, 7) is 5.35. The van der Waals surface area contributed by atoms with E-state index in [0.29, 0.717) is 6.04 Å². The van der Waals surface area contributed by atoms with Gasteiger partial charge in [-0.25, -0.2) is 0 Å². The molecule has 0 aromatic heterocycles. The highest BCUT2D eigenvalue weighted by Crippen LogP contribution is 2.25. The van der Waals surface area contributed by atoms with Gasteiger partial charge in [0, 0.05) is 25.3 Å². The average molecular weight is 268 g/mol. The minimum Gasteiger partial charge on any atom is -0.388 e. The van der Waals surface area contributed by atoms with Gasteiger partial charge in [-0.1, -0.05) is 42.5 Å². The molecule has 0 saturated carbocycles. The Bertz CT molecular complexity index is 549. The Morgan fingerprint density at radius 2 is 1.80 bits per heavy atom. The highest BCUT2D eigenvalue weighted by molar-refractivity contribution is 5.52. The number of aryl methyl sites for hydroxylation is 1. The van der Waals surface area contributed by atoms with Crippen LogP contribution in [0.4, 0.5) is 5.69 Å². The second-order valence-corrected chi connectivity index (χ2v) is 5.40. The number of hydrogen-bond acceptors (Lipinski definition) is 2. The number of benzene rings is 2. The Labute approximate surface area is 122 Å². The van der Waals surface area contributed by atoms with Gasteiger partial charge in [0.1, 0.15) is 0 Å². The number of rotatable bonds is 5. The summed E-state index contributed by atoms with van der Waals surface area (Å²) in [7, 11) is 4.15. The van der Waals surface area contributed by atoms with Crippen LogP contribution in [-0.4, -0.2) is 19.0 Å². The predicted octanol–water partition coefficient (Wildman–Crippen LogP) is 4.23. The van der Waals surface area contributed by atoms with E-state index in [-0.39, 0.29) is 0 Å². The SMILES string of the molecule is CNc1cc([C@H](C)N(C)Cc2ccccc2)ccc1C. The maximum Gasteiger partial charge on any atom is 0.0370 e. The molecule has 20 heavy (non-hydrogen) atoms. The predicted molar refractivity (Wildman–Crippen MR) is 87.0 cm³/mol. The summed E-state index contributed by atoms with van der Waals surface area (Å²) in [4.78, 5) is 2.37. The van der Waals surface area contributed by atoms with Gasteiger partial charge in [0.25, 0.3) is 0 Å². The summed E-state index contributed by atoms with van der Waals surface area (Å²) in [6, 6.07) is 17.7. The molecule has 106 valence electrons. The number of nitrogens with zero attached hydrogens (tertiary/aromatic N) is 1. The molecule has 0 bridgehead atoms. The van der Waals surface area contributed by atoms with Crippen molar-refractivity contribution in [2.24, 2.45) is 0 Å². The van der Waals surface area contributed by atoms with Crippen LogP contribution < -0.4 is 5.32 Å². The second-order valence-electron chi connectivity index (χ2n) is 5.40. The van der Waals surface area contributed by atoms with Crippen molar-refractivity contribution in [2.75, 3.05) is 19.4 Å². The summed E-state index contributed by atoms with van der Waals surface area (Å²) < 4.78 is 0. The Morgan fingerprint density at radius 1 is 1.10 bits per heavy atom. The van der Waals surface area contributed by atoms with Gasteiger partial charge in [-0.15, -0.1) is 0 Å². The fourth-order valence-corrected chi connectivity index (χ4v) is 2.43. The van der Waals surface area contributed by atoms with E-state index in [0.717, 1.165) is 6.54 Å². The molecule has 0 heterocycles. The maximum absolute atomic E-state index is 3.26. The molecule has 2 heteroatoms. The zero-order valence-electron chi connectivity index (χ0n) is 12.9. The van der Waals surface area contributed by atoms with Gasteiger partial charge in [0.2, 0.25) is 0 Å². The average Bonchev–Trinajstić information content (AvgIpc) is 2.48. The summed E-state index contributed by atoms with van der Waals surface area (Å²) in [6.07, 6.45) is 0. The number of anilines is 1. The van der Waals surface area contributed by atoms with Crippen LogP contribution in [0.25, 0.3) is 0 Å². The molecule has 1 atom stereocenters. The molecule has 0 aliphatic heterocycles. The molecule has 2 aromatic carbocycles. The van der Waals surface area contributed by atoms with Crippen molar-refractivity contribution < 1.29 is 0 Å². The molecule has 0 unspecified atom stereocenters. The molecular weight excluding hydrogens is 244 g/mol. The fraction of sp³-hybridized carbons (Fsp3) is 0.333. The number of hydrogen-bond donors (Lipinski definition) is 1. The van der Waals surface area contributed by atoms with Crippen molar-refractivity contribution in [3.8, 4) is 0 Å². The van der Waals surface area contributed by atoms with Crippen LogP contribution in [-0.2, 0) is 6.54 Å². The quantitative estimate of drug-likeness (QED) is 0.873. The van der Waals surface area contributed by atoms with Gasteiger partial charge >= 0.3 is 0 Å². The monoisotopic (exact) mass is 268 g/mol. The first-order valence-electron chi connectivity index (χ1n) is 7.14. The standard InChI is InChI=1S/C18H24N2/c1-14-10-11-17(12-18(14)19-3)15(2)20(4)13-16-8-6-5-7-9-16/h5-12,15,19H,13H2,1-4H3/t15-/m0/s1. The zero-order valence-corrected chi connectivity index (χ0v) is 12.9. The summed E-state index contributed by atoms with van der Waals surface area (Å²) in [5.74, 6) is 0. The van der Waals surface area contributed by atoms with E-state index in [1.165, 1.54) is 22.4 Å². The van der Waals surface area contributed by atoms with Gasteiger partial charge < -0.3 is 5.32 Å². The van der Waals surface area contributed by atoms with Crippen LogP contribution in [0.5, 0.6) is 0 Å². The highest BCUT2D eigenvalue weighted by Gasteiger charge is 2.13. The van der Waals surface area contributed by atoms with Gasteiger partial charge in [0.05, 0.1) is 0 Å². The van der Waals surface area contributed by atoms with Crippen LogP contribution in [0.1, 0.15) is 29.7 Å². The lowest BCUT2D eigenvalue weighted by Crippen LogP contribution is -2.22. The Hall–Kier alpha value is -1.80. The summed E-state index contributed by atoms with van der Waals surface area (Å²) in [5, 5.41) is 3.26. The summed E-state index contributed by atoms with van der Waals surface area (Å²) >= 11 is 0. The molecule has 0 aliphatic carbocycles. The molecule has 0 fully saturated rings. The third-order valence-electron chi connectivity index (χ3n) is 3.95. The lowest BCUT2D eigenvalue weighted by Gasteiger charge is -2.26. The molecular formula is C18H24N2. The second kappa shape index (κ2) is 6.58. The molecule has 0 radical (unpaired) electrons.